The highest BCUT2D eigenvalue weighted by atomic mass is 32.1. The fourth-order valence-electron chi connectivity index (χ4n) is 1.65. The van der Waals surface area contributed by atoms with E-state index in [4.69, 9.17) is 22.7 Å². The van der Waals surface area contributed by atoms with Crippen LogP contribution in [0.5, 0.6) is 5.88 Å². The Morgan fingerprint density at radius 2 is 2.06 bits per heavy atom. The normalized spacial score (nSPS) is 10.3. The quantitative estimate of drug-likeness (QED) is 0.860. The van der Waals surface area contributed by atoms with Gasteiger partial charge in [0.05, 0.1) is 13.2 Å². The third-order valence-corrected chi connectivity index (χ3v) is 2.81. The van der Waals surface area contributed by atoms with Crippen molar-refractivity contribution in [3.63, 3.8) is 0 Å². The Bertz CT molecular complexity index is 581. The third-order valence-electron chi connectivity index (χ3n) is 2.50. The molecule has 0 saturated heterocycles. The van der Waals surface area contributed by atoms with Crippen molar-refractivity contribution < 1.29 is 4.74 Å². The third kappa shape index (κ3) is 2.87. The highest BCUT2D eigenvalue weighted by Gasteiger charge is 2.04. The molecule has 0 aliphatic carbocycles. The zero-order valence-electron chi connectivity index (χ0n) is 10.2. The number of anilines is 1. The second-order valence-corrected chi connectivity index (χ2v) is 4.17. The topological polar surface area (TPSA) is 53.1 Å². The summed E-state index contributed by atoms with van der Waals surface area (Å²) >= 11 is 5.23. The van der Waals surface area contributed by atoms with Crippen LogP contribution in [0, 0.1) is 4.77 Å². The number of ether oxygens (including phenoxy) is 1. The Morgan fingerprint density at radius 1 is 1.33 bits per heavy atom. The van der Waals surface area contributed by atoms with Crippen molar-refractivity contribution >= 4 is 18.0 Å². The molecule has 0 fully saturated rings. The van der Waals surface area contributed by atoms with Crippen LogP contribution in [-0.2, 0) is 6.54 Å². The second kappa shape index (κ2) is 5.64. The van der Waals surface area contributed by atoms with E-state index >= 15 is 0 Å². The van der Waals surface area contributed by atoms with E-state index < -0.39 is 0 Å². The van der Waals surface area contributed by atoms with E-state index in [9.17, 15) is 0 Å². The Kier molecular flexibility index (Phi) is 3.94. The largest absolute Gasteiger partial charge is 0.478 e. The van der Waals surface area contributed by atoms with Crippen molar-refractivity contribution in [3.8, 4) is 5.88 Å². The maximum absolute atomic E-state index is 5.98. The monoisotopic (exact) mass is 261 g/mol. The lowest BCUT2D eigenvalue weighted by molar-refractivity contribution is 0.325. The molecule has 0 atom stereocenters. The zero-order chi connectivity index (χ0) is 13.0. The molecule has 2 rings (SSSR count). The maximum atomic E-state index is 5.98. The minimum atomic E-state index is 0.433. The molecule has 1 aromatic heterocycles. The lowest BCUT2D eigenvalue weighted by Gasteiger charge is -2.12. The first-order valence-electron chi connectivity index (χ1n) is 5.74. The fourth-order valence-corrected chi connectivity index (χ4v) is 1.91. The van der Waals surface area contributed by atoms with Crippen LogP contribution in [-0.4, -0.2) is 16.2 Å². The first-order chi connectivity index (χ1) is 8.70. The van der Waals surface area contributed by atoms with Crippen LogP contribution in [0.15, 0.2) is 36.4 Å². The summed E-state index contributed by atoms with van der Waals surface area (Å²) in [7, 11) is 0. The highest BCUT2D eigenvalue weighted by molar-refractivity contribution is 7.71. The number of nitrogen functional groups attached to an aromatic ring is 1. The standard InChI is InChI=1S/C13H15N3OS/c1-2-17-12-8-11(14)16(13(18)15-12)9-10-6-4-3-5-7-10/h3-8H,2,9,14H2,1H3. The molecular formula is C13H15N3OS. The van der Waals surface area contributed by atoms with E-state index in [-0.39, 0.29) is 0 Å². The Morgan fingerprint density at radius 3 is 2.67 bits per heavy atom. The van der Waals surface area contributed by atoms with E-state index in [1.807, 2.05) is 37.3 Å². The molecule has 0 saturated carbocycles. The molecule has 0 bridgehead atoms. The molecule has 0 radical (unpaired) electrons. The summed E-state index contributed by atoms with van der Waals surface area (Å²) in [6, 6.07) is 11.7. The molecule has 2 aromatic rings. The predicted molar refractivity (Wildman–Crippen MR) is 74.2 cm³/mol. The average Bonchev–Trinajstić information content (AvgIpc) is 2.36. The van der Waals surface area contributed by atoms with Crippen molar-refractivity contribution in [2.75, 3.05) is 12.3 Å². The molecule has 1 aromatic carbocycles. The first kappa shape index (κ1) is 12.6. The highest BCUT2D eigenvalue weighted by Crippen LogP contribution is 2.15. The van der Waals surface area contributed by atoms with Crippen LogP contribution < -0.4 is 10.5 Å². The molecule has 0 amide bonds. The van der Waals surface area contributed by atoms with E-state index in [1.165, 1.54) is 0 Å². The minimum Gasteiger partial charge on any atom is -0.478 e. The Balaban J connectivity index is 2.32. The summed E-state index contributed by atoms with van der Waals surface area (Å²) < 4.78 is 7.52. The number of rotatable bonds is 4. The van der Waals surface area contributed by atoms with Crippen LogP contribution in [0.4, 0.5) is 5.82 Å². The van der Waals surface area contributed by atoms with Gasteiger partial charge in [-0.3, -0.25) is 4.57 Å². The summed E-state index contributed by atoms with van der Waals surface area (Å²) in [5.41, 5.74) is 7.11. The molecule has 0 aliphatic heterocycles. The van der Waals surface area contributed by atoms with Crippen LogP contribution in [0.2, 0.25) is 0 Å². The average molecular weight is 261 g/mol. The summed E-state index contributed by atoms with van der Waals surface area (Å²) in [6.07, 6.45) is 0. The second-order valence-electron chi connectivity index (χ2n) is 3.81. The summed E-state index contributed by atoms with van der Waals surface area (Å²) in [5, 5.41) is 0. The number of nitrogens with zero attached hydrogens (tertiary/aromatic N) is 2. The lowest BCUT2D eigenvalue weighted by Crippen LogP contribution is -2.10. The molecule has 0 unspecified atom stereocenters. The SMILES string of the molecule is CCOc1cc(N)n(Cc2ccccc2)c(=S)n1. The van der Waals surface area contributed by atoms with Gasteiger partial charge in [0.15, 0.2) is 0 Å². The van der Waals surface area contributed by atoms with Gasteiger partial charge in [0.1, 0.15) is 5.82 Å². The number of hydrogen-bond donors (Lipinski definition) is 1. The van der Waals surface area contributed by atoms with Gasteiger partial charge in [0, 0.05) is 6.07 Å². The van der Waals surface area contributed by atoms with Gasteiger partial charge in [-0.25, -0.2) is 0 Å². The van der Waals surface area contributed by atoms with Crippen LogP contribution in [0.25, 0.3) is 0 Å². The molecule has 0 spiro atoms. The maximum Gasteiger partial charge on any atom is 0.219 e. The molecule has 5 heteroatoms. The number of hydrogen-bond acceptors (Lipinski definition) is 4. The number of nitrogens with two attached hydrogens (primary N) is 1. The van der Waals surface area contributed by atoms with Gasteiger partial charge in [-0.05, 0) is 24.7 Å². The molecule has 1 heterocycles. The van der Waals surface area contributed by atoms with E-state index in [2.05, 4.69) is 4.98 Å². The van der Waals surface area contributed by atoms with Crippen LogP contribution in [0.1, 0.15) is 12.5 Å². The van der Waals surface area contributed by atoms with Crippen molar-refractivity contribution in [2.24, 2.45) is 0 Å². The van der Waals surface area contributed by atoms with Crippen molar-refractivity contribution in [1.29, 1.82) is 0 Å². The molecule has 2 N–H and O–H groups in total. The van der Waals surface area contributed by atoms with Gasteiger partial charge in [0.25, 0.3) is 0 Å². The van der Waals surface area contributed by atoms with Gasteiger partial charge < -0.3 is 10.5 Å². The lowest BCUT2D eigenvalue weighted by atomic mass is 10.2. The van der Waals surface area contributed by atoms with Gasteiger partial charge in [-0.1, -0.05) is 30.3 Å². The van der Waals surface area contributed by atoms with Crippen LogP contribution in [0.3, 0.4) is 0 Å². The molecule has 0 aliphatic rings. The number of benzene rings is 1. The Hall–Kier alpha value is -1.88. The molecular weight excluding hydrogens is 246 g/mol. The summed E-state index contributed by atoms with van der Waals surface area (Å²) in [5.74, 6) is 1.03. The van der Waals surface area contributed by atoms with Crippen molar-refractivity contribution in [2.45, 2.75) is 13.5 Å². The molecule has 18 heavy (non-hydrogen) atoms. The van der Waals surface area contributed by atoms with Gasteiger partial charge in [-0.15, -0.1) is 0 Å². The van der Waals surface area contributed by atoms with Gasteiger partial charge >= 0.3 is 0 Å². The number of aromatic nitrogens is 2. The van der Waals surface area contributed by atoms with Crippen molar-refractivity contribution in [1.82, 2.24) is 9.55 Å². The van der Waals surface area contributed by atoms with Gasteiger partial charge in [0.2, 0.25) is 10.7 Å². The Labute approximate surface area is 111 Å². The van der Waals surface area contributed by atoms with E-state index in [0.717, 1.165) is 5.56 Å². The summed E-state index contributed by atoms with van der Waals surface area (Å²) in [4.78, 5) is 4.20. The van der Waals surface area contributed by atoms with E-state index in [0.29, 0.717) is 29.6 Å². The van der Waals surface area contributed by atoms with Crippen molar-refractivity contribution in [3.05, 3.63) is 46.7 Å². The molecule has 94 valence electrons. The zero-order valence-corrected chi connectivity index (χ0v) is 11.0. The first-order valence-corrected chi connectivity index (χ1v) is 6.15. The minimum absolute atomic E-state index is 0.433. The predicted octanol–water partition coefficient (Wildman–Crippen LogP) is 2.64. The van der Waals surface area contributed by atoms with Gasteiger partial charge in [-0.2, -0.15) is 4.98 Å². The molecule has 4 nitrogen and oxygen atoms in total. The smallest absolute Gasteiger partial charge is 0.219 e. The summed E-state index contributed by atoms with van der Waals surface area (Å²) in [6.45, 7) is 3.06. The fraction of sp³-hybridized carbons (Fsp3) is 0.231. The van der Waals surface area contributed by atoms with Crippen LogP contribution >= 0.6 is 12.2 Å². The van der Waals surface area contributed by atoms with E-state index in [1.54, 1.807) is 10.6 Å².